The number of carboxylic acids is 1. The van der Waals surface area contributed by atoms with Gasteiger partial charge in [-0.05, 0) is 19.4 Å². The lowest BCUT2D eigenvalue weighted by molar-refractivity contribution is -0.355. The summed E-state index contributed by atoms with van der Waals surface area (Å²) in [4.78, 5) is 10.1. The van der Waals surface area contributed by atoms with Crippen molar-refractivity contribution in [1.29, 1.82) is 0 Å². The topological polar surface area (TPSA) is 239 Å². The van der Waals surface area contributed by atoms with Crippen molar-refractivity contribution in [2.45, 2.75) is 80.3 Å². The molecule has 0 aliphatic carbocycles. The predicted molar refractivity (Wildman–Crippen MR) is 97.3 cm³/mol. The average molecular weight is 457 g/mol. The van der Waals surface area contributed by atoms with Gasteiger partial charge < -0.3 is 65.5 Å². The Labute approximate surface area is 177 Å². The van der Waals surface area contributed by atoms with Gasteiger partial charge in [0.1, 0.15) is 54.9 Å². The van der Waals surface area contributed by atoms with Crippen LogP contribution in [0.4, 0.5) is 0 Å². The second-order valence-corrected chi connectivity index (χ2v) is 7.51. The molecule has 3 heterocycles. The van der Waals surface area contributed by atoms with Crippen molar-refractivity contribution >= 4 is 5.97 Å². The lowest BCUT2D eigenvalue weighted by Crippen LogP contribution is -2.64. The quantitative estimate of drug-likeness (QED) is 0.185. The summed E-state index contributed by atoms with van der Waals surface area (Å²) < 4.78 is 15.3. The van der Waals surface area contributed by atoms with Gasteiger partial charge in [0.25, 0.3) is 0 Å². The van der Waals surface area contributed by atoms with E-state index in [1.54, 1.807) is 0 Å². The van der Waals surface area contributed by atoms with Gasteiger partial charge in [0.2, 0.25) is 0 Å². The van der Waals surface area contributed by atoms with Gasteiger partial charge in [-0.1, -0.05) is 0 Å². The zero-order valence-electron chi connectivity index (χ0n) is 16.5. The number of nitrogens with one attached hydrogen (secondary N) is 1. The maximum Gasteiger partial charge on any atom is 0.320 e. The molecule has 14 nitrogen and oxygen atoms in total. The Morgan fingerprint density at radius 3 is 2.00 bits per heavy atom. The molecule has 0 amide bonds. The van der Waals surface area contributed by atoms with Crippen molar-refractivity contribution in [1.82, 2.24) is 5.32 Å². The van der Waals surface area contributed by atoms with E-state index >= 15 is 0 Å². The van der Waals surface area contributed by atoms with E-state index in [1.165, 1.54) is 0 Å². The molecule has 0 aromatic heterocycles. The molecule has 0 saturated carbocycles. The highest BCUT2D eigenvalue weighted by atomic mass is 16.7. The number of ether oxygens (including phenoxy) is 3. The smallest absolute Gasteiger partial charge is 0.320 e. The van der Waals surface area contributed by atoms with Gasteiger partial charge in [-0.15, -0.1) is 0 Å². The van der Waals surface area contributed by atoms with Crippen LogP contribution < -0.4 is 5.32 Å². The molecule has 0 aromatic rings. The molecule has 3 rings (SSSR count). The Morgan fingerprint density at radius 1 is 0.871 bits per heavy atom. The van der Waals surface area contributed by atoms with E-state index in [-0.39, 0.29) is 6.04 Å². The zero-order chi connectivity index (χ0) is 23.3. The minimum Gasteiger partial charge on any atom is -0.480 e. The average Bonchev–Trinajstić information content (AvgIpc) is 3.29. The molecule has 3 aliphatic rings. The van der Waals surface area contributed by atoms with E-state index < -0.39 is 80.6 Å². The van der Waals surface area contributed by atoms with Crippen LogP contribution in [-0.4, -0.2) is 139 Å². The normalized spacial score (nSPS) is 45.6. The van der Waals surface area contributed by atoms with Gasteiger partial charge in [0, 0.05) is 0 Å². The first-order chi connectivity index (χ1) is 14.6. The molecule has 0 radical (unpaired) electrons. The van der Waals surface area contributed by atoms with E-state index in [2.05, 4.69) is 5.32 Å². The van der Waals surface area contributed by atoms with Crippen LogP contribution in [0.15, 0.2) is 0 Å². The number of carboxylic acid groups (broad SMARTS) is 1. The van der Waals surface area contributed by atoms with Crippen molar-refractivity contribution < 1.29 is 65.0 Å². The summed E-state index contributed by atoms with van der Waals surface area (Å²) in [6, 6.07) is -0.269. The maximum atomic E-state index is 10.1. The lowest BCUT2D eigenvalue weighted by atomic mass is 9.97. The highest BCUT2D eigenvalue weighted by Crippen LogP contribution is 2.28. The number of hydrogen-bond acceptors (Lipinski definition) is 13. The number of hydrogen-bond donors (Lipinski definition) is 10. The fourth-order valence-corrected chi connectivity index (χ4v) is 3.47. The highest BCUT2D eigenvalue weighted by molar-refractivity contribution is 5.73. The summed E-state index contributed by atoms with van der Waals surface area (Å²) in [7, 11) is 0. The van der Waals surface area contributed by atoms with Crippen molar-refractivity contribution in [2.24, 2.45) is 0 Å². The van der Waals surface area contributed by atoms with Gasteiger partial charge in [-0.25, -0.2) is 0 Å². The van der Waals surface area contributed by atoms with E-state index in [0.29, 0.717) is 0 Å². The highest BCUT2D eigenvalue weighted by Gasteiger charge is 2.50. The maximum absolute atomic E-state index is 10.1. The summed E-state index contributed by atoms with van der Waals surface area (Å²) in [5, 5.41) is 87.7. The molecule has 10 N–H and O–H groups in total. The zero-order valence-corrected chi connectivity index (χ0v) is 16.5. The van der Waals surface area contributed by atoms with E-state index in [9.17, 15) is 40.5 Å². The Kier molecular flexibility index (Phi) is 9.94. The molecule has 0 bridgehead atoms. The summed E-state index contributed by atoms with van der Waals surface area (Å²) in [5.41, 5.74) is 0. The van der Waals surface area contributed by atoms with E-state index in [0.717, 1.165) is 19.4 Å². The molecule has 0 aromatic carbocycles. The third-order valence-corrected chi connectivity index (χ3v) is 5.34. The van der Waals surface area contributed by atoms with E-state index in [4.69, 9.17) is 24.4 Å². The molecule has 11 atom stereocenters. The number of aliphatic hydroxyl groups is 8. The van der Waals surface area contributed by atoms with Crippen LogP contribution in [-0.2, 0) is 19.0 Å². The summed E-state index contributed by atoms with van der Waals surface area (Å²) >= 11 is 0. The first-order valence-electron chi connectivity index (χ1n) is 9.85. The van der Waals surface area contributed by atoms with Crippen LogP contribution >= 0.6 is 0 Å². The lowest BCUT2D eigenvalue weighted by Gasteiger charge is -2.45. The fraction of sp³-hybridized carbons (Fsp3) is 0.941. The molecule has 3 saturated heterocycles. The number of rotatable bonds is 5. The molecule has 182 valence electrons. The van der Waals surface area contributed by atoms with Gasteiger partial charge in [0.15, 0.2) is 12.6 Å². The standard InChI is InChI=1S/C12H22O11.C5H9NO2/c13-1-3-5(15)6(16)9(19)12(22-3)23-10-4(2-14)21-11(20)8(18)7(10)17;7-5(8)4-2-1-3-6-4/h3-20H,1-2H2;4,6H,1-3H2,(H,7,8)/t3-,4-,5+,6+,7-,8-,9-,10-,11?,12+;4-/m10/s1. The molecule has 3 aliphatic heterocycles. The van der Waals surface area contributed by atoms with Crippen molar-refractivity contribution in [3.05, 3.63) is 0 Å². The molecular formula is C17H31NO13. The summed E-state index contributed by atoms with van der Waals surface area (Å²) in [6.07, 6.45) is -13.8. The number of carbonyl (C=O) groups is 1. The van der Waals surface area contributed by atoms with Crippen LogP contribution in [0.25, 0.3) is 0 Å². The van der Waals surface area contributed by atoms with Gasteiger partial charge in [-0.2, -0.15) is 0 Å². The Bertz CT molecular complexity index is 558. The fourth-order valence-electron chi connectivity index (χ4n) is 3.47. The SMILES string of the molecule is O=C(O)[C@@H]1CCCN1.OC[C@H]1O[C@@H](O[C@H]2[C@H](O)[C@@H](O)C(O)O[C@@H]2CO)[C@H](O)[C@@H](O)[C@H]1O. The van der Waals surface area contributed by atoms with Crippen LogP contribution in [0, 0.1) is 0 Å². The van der Waals surface area contributed by atoms with Crippen LogP contribution in [0.1, 0.15) is 12.8 Å². The predicted octanol–water partition coefficient (Wildman–Crippen LogP) is -5.57. The second-order valence-electron chi connectivity index (χ2n) is 7.51. The van der Waals surface area contributed by atoms with Crippen LogP contribution in [0.2, 0.25) is 0 Å². The molecule has 31 heavy (non-hydrogen) atoms. The van der Waals surface area contributed by atoms with Crippen molar-refractivity contribution in [2.75, 3.05) is 19.8 Å². The van der Waals surface area contributed by atoms with Gasteiger partial charge >= 0.3 is 5.97 Å². The summed E-state index contributed by atoms with van der Waals surface area (Å²) in [6.45, 7) is -0.487. The molecule has 0 spiro atoms. The molecule has 3 fully saturated rings. The first-order valence-corrected chi connectivity index (χ1v) is 9.85. The monoisotopic (exact) mass is 457 g/mol. The third kappa shape index (κ3) is 6.28. The second kappa shape index (κ2) is 11.7. The van der Waals surface area contributed by atoms with Crippen LogP contribution in [0.5, 0.6) is 0 Å². The van der Waals surface area contributed by atoms with Crippen molar-refractivity contribution in [3.8, 4) is 0 Å². The van der Waals surface area contributed by atoms with Gasteiger partial charge in [0.05, 0.1) is 13.2 Å². The van der Waals surface area contributed by atoms with Crippen LogP contribution in [0.3, 0.4) is 0 Å². The minimum atomic E-state index is -1.74. The molecule has 1 unspecified atom stereocenters. The number of aliphatic hydroxyl groups excluding tert-OH is 8. The Morgan fingerprint density at radius 2 is 1.52 bits per heavy atom. The minimum absolute atomic E-state index is 0.269. The van der Waals surface area contributed by atoms with Crippen molar-refractivity contribution in [3.63, 3.8) is 0 Å². The Balaban J connectivity index is 0.000000357. The Hall–Kier alpha value is -1.01. The molecular weight excluding hydrogens is 426 g/mol. The molecule has 14 heteroatoms. The first kappa shape index (κ1) is 26.2. The number of aliphatic carboxylic acids is 1. The largest absolute Gasteiger partial charge is 0.480 e. The van der Waals surface area contributed by atoms with Gasteiger partial charge in [-0.3, -0.25) is 4.79 Å². The summed E-state index contributed by atoms with van der Waals surface area (Å²) in [5.74, 6) is -0.720. The third-order valence-electron chi connectivity index (χ3n) is 5.34. The van der Waals surface area contributed by atoms with E-state index in [1.807, 2.05) is 0 Å².